The highest BCUT2D eigenvalue weighted by Crippen LogP contribution is 2.19. The van der Waals surface area contributed by atoms with E-state index in [4.69, 9.17) is 5.73 Å². The summed E-state index contributed by atoms with van der Waals surface area (Å²) in [6.07, 6.45) is 1.14. The van der Waals surface area contributed by atoms with E-state index in [9.17, 15) is 0 Å². The molecule has 0 aliphatic rings. The Bertz CT molecular complexity index is 269. The third-order valence-corrected chi connectivity index (χ3v) is 2.13. The molecule has 0 saturated carbocycles. The van der Waals surface area contributed by atoms with Gasteiger partial charge in [0, 0.05) is 18.8 Å². The average molecular weight is 178 g/mol. The molecular formula is C11H18N2. The fraction of sp³-hybridized carbons (Fsp3) is 0.455. The maximum absolute atomic E-state index is 5.65. The smallest absolute Gasteiger partial charge is 0.0415 e. The molecule has 2 nitrogen and oxygen atoms in total. The molecule has 0 saturated heterocycles. The lowest BCUT2D eigenvalue weighted by atomic mass is 10.1. The summed E-state index contributed by atoms with van der Waals surface area (Å²) in [5.41, 5.74) is 9.34. The van der Waals surface area contributed by atoms with Crippen LogP contribution in [0.3, 0.4) is 0 Å². The summed E-state index contributed by atoms with van der Waals surface area (Å²) in [5, 5.41) is 3.40. The third-order valence-electron chi connectivity index (χ3n) is 2.13. The van der Waals surface area contributed by atoms with Crippen LogP contribution in [0.1, 0.15) is 24.5 Å². The number of rotatable bonds is 4. The van der Waals surface area contributed by atoms with E-state index in [1.54, 1.807) is 0 Å². The first-order valence-electron chi connectivity index (χ1n) is 4.82. The van der Waals surface area contributed by atoms with Gasteiger partial charge in [-0.05, 0) is 24.5 Å². The van der Waals surface area contributed by atoms with Gasteiger partial charge in [0.2, 0.25) is 0 Å². The summed E-state index contributed by atoms with van der Waals surface area (Å²) in [4.78, 5) is 0. The van der Waals surface area contributed by atoms with Crippen LogP contribution in [0.5, 0.6) is 0 Å². The van der Waals surface area contributed by atoms with Crippen LogP contribution < -0.4 is 11.1 Å². The molecule has 0 aliphatic heterocycles. The van der Waals surface area contributed by atoms with Crippen molar-refractivity contribution in [3.63, 3.8) is 0 Å². The highest BCUT2D eigenvalue weighted by atomic mass is 14.9. The monoisotopic (exact) mass is 178 g/mol. The second kappa shape index (κ2) is 4.87. The Kier molecular flexibility index (Phi) is 3.77. The number of nitrogens with two attached hydrogens (primary N) is 1. The molecule has 13 heavy (non-hydrogen) atoms. The van der Waals surface area contributed by atoms with Crippen LogP contribution in [0.15, 0.2) is 18.2 Å². The molecule has 0 radical (unpaired) electrons. The normalized spacial score (nSPS) is 10.1. The van der Waals surface area contributed by atoms with Crippen molar-refractivity contribution in [3.05, 3.63) is 29.3 Å². The van der Waals surface area contributed by atoms with Gasteiger partial charge in [-0.2, -0.15) is 0 Å². The quantitative estimate of drug-likeness (QED) is 0.742. The van der Waals surface area contributed by atoms with Crippen LogP contribution in [0, 0.1) is 6.92 Å². The zero-order valence-electron chi connectivity index (χ0n) is 8.43. The average Bonchev–Trinajstić information content (AvgIpc) is 2.15. The Balaban J connectivity index is 2.87. The van der Waals surface area contributed by atoms with Gasteiger partial charge in [0.25, 0.3) is 0 Å². The Morgan fingerprint density at radius 1 is 1.38 bits per heavy atom. The summed E-state index contributed by atoms with van der Waals surface area (Å²) in [6, 6.07) is 6.23. The van der Waals surface area contributed by atoms with Crippen molar-refractivity contribution in [2.24, 2.45) is 5.73 Å². The molecule has 3 N–H and O–H groups in total. The summed E-state index contributed by atoms with van der Waals surface area (Å²) in [7, 11) is 0. The molecule has 0 aromatic heterocycles. The van der Waals surface area contributed by atoms with Gasteiger partial charge in [-0.1, -0.05) is 25.1 Å². The van der Waals surface area contributed by atoms with Crippen molar-refractivity contribution in [1.29, 1.82) is 0 Å². The van der Waals surface area contributed by atoms with Crippen molar-refractivity contribution in [2.45, 2.75) is 26.8 Å². The van der Waals surface area contributed by atoms with E-state index in [-0.39, 0.29) is 0 Å². The molecule has 0 amide bonds. The van der Waals surface area contributed by atoms with Crippen molar-refractivity contribution >= 4 is 5.69 Å². The number of hydrogen-bond donors (Lipinski definition) is 2. The number of hydrogen-bond acceptors (Lipinski definition) is 2. The standard InChI is InChI=1S/C11H18N2/c1-3-7-13-11-9(2)5-4-6-10(11)8-12/h4-6,13H,3,7-8,12H2,1-2H3. The molecule has 0 spiro atoms. The first-order valence-corrected chi connectivity index (χ1v) is 4.82. The predicted octanol–water partition coefficient (Wildman–Crippen LogP) is 2.28. The Labute approximate surface area is 80.1 Å². The lowest BCUT2D eigenvalue weighted by Gasteiger charge is -2.12. The third kappa shape index (κ3) is 2.46. The molecule has 0 aliphatic carbocycles. The van der Waals surface area contributed by atoms with Crippen LogP contribution in [0.4, 0.5) is 5.69 Å². The van der Waals surface area contributed by atoms with E-state index in [1.165, 1.54) is 16.8 Å². The van der Waals surface area contributed by atoms with Crippen LogP contribution >= 0.6 is 0 Å². The lowest BCUT2D eigenvalue weighted by molar-refractivity contribution is 0.965. The van der Waals surface area contributed by atoms with Crippen molar-refractivity contribution in [2.75, 3.05) is 11.9 Å². The van der Waals surface area contributed by atoms with E-state index in [2.05, 4.69) is 37.4 Å². The zero-order chi connectivity index (χ0) is 9.68. The van der Waals surface area contributed by atoms with Gasteiger partial charge >= 0.3 is 0 Å². The van der Waals surface area contributed by atoms with Gasteiger partial charge in [-0.15, -0.1) is 0 Å². The van der Waals surface area contributed by atoms with Gasteiger partial charge in [0.15, 0.2) is 0 Å². The molecule has 2 heteroatoms. The van der Waals surface area contributed by atoms with E-state index >= 15 is 0 Å². The maximum atomic E-state index is 5.65. The summed E-state index contributed by atoms with van der Waals surface area (Å²) >= 11 is 0. The van der Waals surface area contributed by atoms with Crippen molar-refractivity contribution in [1.82, 2.24) is 0 Å². The second-order valence-electron chi connectivity index (χ2n) is 3.24. The molecule has 0 unspecified atom stereocenters. The molecule has 72 valence electrons. The fourth-order valence-electron chi connectivity index (χ4n) is 1.40. The van der Waals surface area contributed by atoms with Crippen molar-refractivity contribution in [3.8, 4) is 0 Å². The fourth-order valence-corrected chi connectivity index (χ4v) is 1.40. The maximum Gasteiger partial charge on any atom is 0.0415 e. The highest BCUT2D eigenvalue weighted by Gasteiger charge is 2.01. The second-order valence-corrected chi connectivity index (χ2v) is 3.24. The minimum atomic E-state index is 0.605. The van der Waals surface area contributed by atoms with E-state index in [0.717, 1.165) is 13.0 Å². The molecule has 1 aromatic carbocycles. The number of nitrogens with one attached hydrogen (secondary N) is 1. The van der Waals surface area contributed by atoms with Gasteiger partial charge in [-0.25, -0.2) is 0 Å². The van der Waals surface area contributed by atoms with Gasteiger partial charge in [0.1, 0.15) is 0 Å². The topological polar surface area (TPSA) is 38.0 Å². The lowest BCUT2D eigenvalue weighted by Crippen LogP contribution is -2.07. The molecule has 1 rings (SSSR count). The molecule has 0 heterocycles. The van der Waals surface area contributed by atoms with Gasteiger partial charge < -0.3 is 11.1 Å². The first-order chi connectivity index (χ1) is 6.29. The number of anilines is 1. The molecule has 0 fully saturated rings. The number of para-hydroxylation sites is 1. The summed E-state index contributed by atoms with van der Waals surface area (Å²) < 4.78 is 0. The van der Waals surface area contributed by atoms with E-state index < -0.39 is 0 Å². The first kappa shape index (κ1) is 10.1. The van der Waals surface area contributed by atoms with Crippen LogP contribution in [0.2, 0.25) is 0 Å². The Morgan fingerprint density at radius 2 is 2.15 bits per heavy atom. The molecule has 1 aromatic rings. The molecular weight excluding hydrogens is 160 g/mol. The SMILES string of the molecule is CCCNc1c(C)cccc1CN. The largest absolute Gasteiger partial charge is 0.385 e. The summed E-state index contributed by atoms with van der Waals surface area (Å²) in [6.45, 7) is 5.89. The van der Waals surface area contributed by atoms with Crippen molar-refractivity contribution < 1.29 is 0 Å². The van der Waals surface area contributed by atoms with E-state index in [0.29, 0.717) is 6.54 Å². The predicted molar refractivity (Wildman–Crippen MR) is 57.9 cm³/mol. The Morgan fingerprint density at radius 3 is 2.77 bits per heavy atom. The van der Waals surface area contributed by atoms with Crippen LogP contribution in [0.25, 0.3) is 0 Å². The van der Waals surface area contributed by atoms with Crippen LogP contribution in [-0.2, 0) is 6.54 Å². The minimum absolute atomic E-state index is 0.605. The highest BCUT2D eigenvalue weighted by molar-refractivity contribution is 5.57. The van der Waals surface area contributed by atoms with Gasteiger partial charge in [-0.3, -0.25) is 0 Å². The molecule has 0 bridgehead atoms. The number of benzene rings is 1. The van der Waals surface area contributed by atoms with Crippen LogP contribution in [-0.4, -0.2) is 6.54 Å². The van der Waals surface area contributed by atoms with E-state index in [1.807, 2.05) is 0 Å². The minimum Gasteiger partial charge on any atom is -0.385 e. The zero-order valence-corrected chi connectivity index (χ0v) is 8.43. The summed E-state index contributed by atoms with van der Waals surface area (Å²) in [5.74, 6) is 0. The Hall–Kier alpha value is -1.02. The molecule has 0 atom stereocenters. The number of aryl methyl sites for hydroxylation is 1. The van der Waals surface area contributed by atoms with Gasteiger partial charge in [0.05, 0.1) is 0 Å².